The molecule has 0 aromatic heterocycles. The van der Waals surface area contributed by atoms with Crippen LogP contribution in [0.5, 0.6) is 0 Å². The Labute approximate surface area is 74.7 Å². The third-order valence-electron chi connectivity index (χ3n) is 6.00. The Morgan fingerprint density at radius 1 is 0.917 bits per heavy atom. The average molecular weight is 161 g/mol. The Morgan fingerprint density at radius 3 is 2.33 bits per heavy atom. The van der Waals surface area contributed by atoms with E-state index < -0.39 is 0 Å². The summed E-state index contributed by atoms with van der Waals surface area (Å²) in [5.74, 6) is 3.18. The zero-order chi connectivity index (χ0) is 7.81. The van der Waals surface area contributed by atoms with E-state index in [0.29, 0.717) is 0 Å². The van der Waals surface area contributed by atoms with Crippen molar-refractivity contribution in [3.63, 3.8) is 0 Å². The normalized spacial score (nSPS) is 61.5. The van der Waals surface area contributed by atoms with Gasteiger partial charge in [-0.05, 0) is 74.0 Å². The van der Waals surface area contributed by atoms with Crippen molar-refractivity contribution in [3.8, 4) is 0 Å². The van der Waals surface area contributed by atoms with Crippen LogP contribution in [0.15, 0.2) is 0 Å². The maximum Gasteiger partial charge on any atom is -0.0173 e. The minimum Gasteiger partial charge on any atom is -0.0493 e. The summed E-state index contributed by atoms with van der Waals surface area (Å²) in [6, 6.07) is 0. The third kappa shape index (κ3) is 0.400. The van der Waals surface area contributed by atoms with Gasteiger partial charge in [0.15, 0.2) is 0 Å². The minimum atomic E-state index is 0.869. The van der Waals surface area contributed by atoms with Crippen LogP contribution < -0.4 is 0 Å². The summed E-state index contributed by atoms with van der Waals surface area (Å²) in [5.41, 5.74) is 1.78. The van der Waals surface area contributed by atoms with Crippen molar-refractivity contribution in [1.29, 1.82) is 0 Å². The Hall–Kier alpha value is 0. The van der Waals surface area contributed by atoms with Crippen LogP contribution in [0.2, 0.25) is 0 Å². The molecule has 2 spiro atoms. The van der Waals surface area contributed by atoms with Crippen molar-refractivity contribution in [2.45, 2.75) is 51.4 Å². The summed E-state index contributed by atoms with van der Waals surface area (Å²) in [4.78, 5) is 0. The van der Waals surface area contributed by atoms with Crippen LogP contribution in [-0.2, 0) is 0 Å². The van der Waals surface area contributed by atoms with Gasteiger partial charge in [0.1, 0.15) is 0 Å². The standard InChI is InChI=1S/C12H17/c1-2-10-4-6-12(10)8-7-11(12)5-3-9(1)11/h9H,1-8H2. The van der Waals surface area contributed by atoms with Crippen molar-refractivity contribution < 1.29 is 0 Å². The van der Waals surface area contributed by atoms with E-state index in [0.717, 1.165) is 10.8 Å². The summed E-state index contributed by atoms with van der Waals surface area (Å²) >= 11 is 0. The van der Waals surface area contributed by atoms with Crippen molar-refractivity contribution in [3.05, 3.63) is 5.92 Å². The molecule has 3 atom stereocenters. The number of hydrogen-bond acceptors (Lipinski definition) is 0. The van der Waals surface area contributed by atoms with E-state index in [4.69, 9.17) is 0 Å². The van der Waals surface area contributed by atoms with Gasteiger partial charge in [-0.2, -0.15) is 0 Å². The lowest BCUT2D eigenvalue weighted by molar-refractivity contribution is -0.232. The molecule has 4 fully saturated rings. The molecular weight excluding hydrogens is 144 g/mol. The largest absolute Gasteiger partial charge is 0.0493 e. The van der Waals surface area contributed by atoms with Crippen LogP contribution in [0, 0.1) is 22.7 Å². The molecule has 4 saturated carbocycles. The molecule has 0 amide bonds. The van der Waals surface area contributed by atoms with Gasteiger partial charge < -0.3 is 0 Å². The topological polar surface area (TPSA) is 0 Å². The molecule has 0 saturated heterocycles. The lowest BCUT2D eigenvalue weighted by Crippen LogP contribution is -2.68. The molecule has 0 N–H and O–H groups in total. The number of rotatable bonds is 0. The highest BCUT2D eigenvalue weighted by molar-refractivity contribution is 5.33. The van der Waals surface area contributed by atoms with Gasteiger partial charge in [0.2, 0.25) is 0 Å². The second-order valence-corrected chi connectivity index (χ2v) is 5.62. The Bertz CT molecular complexity index is 210. The molecule has 0 nitrogen and oxygen atoms in total. The molecule has 4 aliphatic carbocycles. The van der Waals surface area contributed by atoms with E-state index in [-0.39, 0.29) is 0 Å². The first kappa shape index (κ1) is 6.45. The fourth-order valence-electron chi connectivity index (χ4n) is 5.04. The third-order valence-corrected chi connectivity index (χ3v) is 6.00. The highest BCUT2D eigenvalue weighted by Crippen LogP contribution is 2.82. The van der Waals surface area contributed by atoms with E-state index in [9.17, 15) is 0 Å². The highest BCUT2D eigenvalue weighted by Gasteiger charge is 2.72. The average Bonchev–Trinajstić information content (AvgIpc) is 1.89. The molecule has 4 rings (SSSR count). The first-order valence-corrected chi connectivity index (χ1v) is 5.73. The zero-order valence-electron chi connectivity index (χ0n) is 7.73. The van der Waals surface area contributed by atoms with Gasteiger partial charge in [-0.25, -0.2) is 0 Å². The molecule has 0 heteroatoms. The molecule has 1 radical (unpaired) electrons. The van der Waals surface area contributed by atoms with Gasteiger partial charge in [-0.3, -0.25) is 0 Å². The predicted octanol–water partition coefficient (Wildman–Crippen LogP) is 3.33. The quantitative estimate of drug-likeness (QED) is 0.511. The Balaban J connectivity index is 1.79. The van der Waals surface area contributed by atoms with Gasteiger partial charge in [0.25, 0.3) is 0 Å². The van der Waals surface area contributed by atoms with Crippen molar-refractivity contribution in [2.75, 3.05) is 0 Å². The fraction of sp³-hybridized carbons (Fsp3) is 0.917. The minimum absolute atomic E-state index is 0.869. The van der Waals surface area contributed by atoms with Gasteiger partial charge >= 0.3 is 0 Å². The van der Waals surface area contributed by atoms with Gasteiger partial charge in [0.05, 0.1) is 0 Å². The van der Waals surface area contributed by atoms with Gasteiger partial charge in [-0.15, -0.1) is 0 Å². The summed E-state index contributed by atoms with van der Waals surface area (Å²) < 4.78 is 0. The van der Waals surface area contributed by atoms with Gasteiger partial charge in [-0.1, -0.05) is 0 Å². The molecule has 65 valence electrons. The molecule has 4 aliphatic rings. The van der Waals surface area contributed by atoms with E-state index in [1.54, 1.807) is 38.5 Å². The monoisotopic (exact) mass is 161 g/mol. The van der Waals surface area contributed by atoms with E-state index >= 15 is 0 Å². The highest BCUT2D eigenvalue weighted by atomic mass is 14.8. The van der Waals surface area contributed by atoms with Crippen molar-refractivity contribution in [2.24, 2.45) is 16.7 Å². The second-order valence-electron chi connectivity index (χ2n) is 5.62. The first-order chi connectivity index (χ1) is 5.87. The molecule has 0 bridgehead atoms. The van der Waals surface area contributed by atoms with Crippen molar-refractivity contribution >= 4 is 0 Å². The molecule has 0 aromatic carbocycles. The molecule has 0 aromatic rings. The molecular formula is C12H17. The fourth-order valence-corrected chi connectivity index (χ4v) is 5.04. The van der Waals surface area contributed by atoms with Crippen molar-refractivity contribution in [1.82, 2.24) is 0 Å². The Kier molecular flexibility index (Phi) is 0.875. The van der Waals surface area contributed by atoms with Gasteiger partial charge in [0, 0.05) is 0 Å². The van der Waals surface area contributed by atoms with Crippen LogP contribution >= 0.6 is 0 Å². The predicted molar refractivity (Wildman–Crippen MR) is 48.5 cm³/mol. The Morgan fingerprint density at radius 2 is 1.92 bits per heavy atom. The zero-order valence-corrected chi connectivity index (χ0v) is 7.73. The van der Waals surface area contributed by atoms with Crippen LogP contribution in [0.1, 0.15) is 51.4 Å². The van der Waals surface area contributed by atoms with Crippen LogP contribution in [0.3, 0.4) is 0 Å². The maximum absolute atomic E-state index is 2.00. The van der Waals surface area contributed by atoms with Crippen LogP contribution in [-0.4, -0.2) is 0 Å². The second kappa shape index (κ2) is 1.63. The lowest BCUT2D eigenvalue weighted by Gasteiger charge is -2.78. The smallest absolute Gasteiger partial charge is 0.0173 e. The summed E-state index contributed by atoms with van der Waals surface area (Å²) in [5, 5.41) is 0. The summed E-state index contributed by atoms with van der Waals surface area (Å²) in [6.45, 7) is 0. The summed E-state index contributed by atoms with van der Waals surface area (Å²) in [7, 11) is 0. The van der Waals surface area contributed by atoms with E-state index in [1.807, 2.05) is 5.92 Å². The first-order valence-electron chi connectivity index (χ1n) is 5.73. The molecule has 0 heterocycles. The summed E-state index contributed by atoms with van der Waals surface area (Å²) in [6.07, 6.45) is 12.5. The molecule has 0 aliphatic heterocycles. The van der Waals surface area contributed by atoms with Crippen LogP contribution in [0.25, 0.3) is 0 Å². The number of hydrogen-bond donors (Lipinski definition) is 0. The lowest BCUT2D eigenvalue weighted by atomic mass is 9.26. The molecule has 3 unspecified atom stereocenters. The maximum atomic E-state index is 2.00. The van der Waals surface area contributed by atoms with Crippen LogP contribution in [0.4, 0.5) is 0 Å². The van der Waals surface area contributed by atoms with E-state index in [1.165, 1.54) is 18.8 Å². The molecule has 12 heavy (non-hydrogen) atoms. The SMILES string of the molecule is C1CC2CCC23CCC32CC[C]12. The van der Waals surface area contributed by atoms with E-state index in [2.05, 4.69) is 0 Å².